The highest BCUT2D eigenvalue weighted by atomic mass is 14.2. The van der Waals surface area contributed by atoms with Crippen LogP contribution in [0.1, 0.15) is 11.1 Å². The Bertz CT molecular complexity index is 2040. The van der Waals surface area contributed by atoms with Gasteiger partial charge >= 0.3 is 0 Å². The molecule has 8 rings (SSSR count). The third-order valence-electron chi connectivity index (χ3n) is 8.60. The summed E-state index contributed by atoms with van der Waals surface area (Å²) in [5.41, 5.74) is 4.16. The van der Waals surface area contributed by atoms with Gasteiger partial charge in [0.25, 0.3) is 0 Å². The Morgan fingerprint density at radius 3 is 1.26 bits per heavy atom. The van der Waals surface area contributed by atoms with E-state index in [4.69, 9.17) is 0 Å². The van der Waals surface area contributed by atoms with E-state index in [1.165, 1.54) is 92.0 Å². The zero-order valence-corrected chi connectivity index (χ0v) is 20.6. The molecule has 164 valence electrons. The maximum atomic E-state index is 2.39. The fourth-order valence-corrected chi connectivity index (χ4v) is 7.09. The van der Waals surface area contributed by atoms with Crippen molar-refractivity contribution in [3.8, 4) is 0 Å². The fourth-order valence-electron chi connectivity index (χ4n) is 7.09. The number of rotatable bonds is 1. The molecule has 0 amide bonds. The van der Waals surface area contributed by atoms with E-state index in [1.807, 2.05) is 0 Å². The Balaban J connectivity index is 1.70. The van der Waals surface area contributed by atoms with Gasteiger partial charge in [0, 0.05) is 0 Å². The molecule has 0 fully saturated rings. The minimum Gasteiger partial charge on any atom is -0.0819 e. The van der Waals surface area contributed by atoms with Gasteiger partial charge < -0.3 is 0 Å². The van der Waals surface area contributed by atoms with E-state index in [1.54, 1.807) is 0 Å². The SMILES string of the molecule is CB(C)c1ccc2c3ccc4c5ccc(C)c6c(C)ccc(c7ccc(c8cccc1c82)c3c74)c65. The average molecular weight is 444 g/mol. The van der Waals surface area contributed by atoms with Crippen molar-refractivity contribution in [1.29, 1.82) is 0 Å². The topological polar surface area (TPSA) is 0 Å². The summed E-state index contributed by atoms with van der Waals surface area (Å²) in [7, 11) is 0. The van der Waals surface area contributed by atoms with Crippen LogP contribution in [0.2, 0.25) is 13.6 Å². The van der Waals surface area contributed by atoms with E-state index < -0.39 is 0 Å². The first kappa shape index (κ1) is 19.5. The van der Waals surface area contributed by atoms with Crippen LogP contribution in [0.25, 0.3) is 75.4 Å². The minimum atomic E-state index is 0.500. The highest BCUT2D eigenvalue weighted by Gasteiger charge is 2.20. The maximum Gasteiger partial charge on any atom is 0.170 e. The molecule has 35 heavy (non-hydrogen) atoms. The molecule has 0 unspecified atom stereocenters. The molecule has 0 radical (unpaired) electrons. The number of hydrogen-bond acceptors (Lipinski definition) is 0. The van der Waals surface area contributed by atoms with Crippen molar-refractivity contribution in [2.24, 2.45) is 0 Å². The lowest BCUT2D eigenvalue weighted by Gasteiger charge is -2.21. The van der Waals surface area contributed by atoms with Crippen molar-refractivity contribution in [2.75, 3.05) is 0 Å². The van der Waals surface area contributed by atoms with Crippen molar-refractivity contribution in [3.05, 3.63) is 90.0 Å². The molecule has 0 aliphatic rings. The van der Waals surface area contributed by atoms with Crippen LogP contribution in [0.15, 0.2) is 78.9 Å². The summed E-state index contributed by atoms with van der Waals surface area (Å²) < 4.78 is 0. The van der Waals surface area contributed by atoms with Gasteiger partial charge in [-0.15, -0.1) is 0 Å². The smallest absolute Gasteiger partial charge is 0.0819 e. The second kappa shape index (κ2) is 6.43. The summed E-state index contributed by atoms with van der Waals surface area (Å²) in [6, 6.07) is 30.5. The lowest BCUT2D eigenvalue weighted by atomic mass is 9.48. The summed E-state index contributed by atoms with van der Waals surface area (Å²) in [6.07, 6.45) is 0. The first-order valence-corrected chi connectivity index (χ1v) is 12.7. The number of fused-ring (bicyclic) bond motifs is 4. The van der Waals surface area contributed by atoms with Crippen LogP contribution >= 0.6 is 0 Å². The monoisotopic (exact) mass is 444 g/mol. The summed E-state index contributed by atoms with van der Waals surface area (Å²) in [4.78, 5) is 0. The van der Waals surface area contributed by atoms with Crippen LogP contribution < -0.4 is 5.46 Å². The van der Waals surface area contributed by atoms with Crippen molar-refractivity contribution < 1.29 is 0 Å². The van der Waals surface area contributed by atoms with Gasteiger partial charge in [0.2, 0.25) is 0 Å². The van der Waals surface area contributed by atoms with Gasteiger partial charge in [-0.25, -0.2) is 0 Å². The van der Waals surface area contributed by atoms with Gasteiger partial charge in [-0.1, -0.05) is 98.0 Å². The Kier molecular flexibility index (Phi) is 3.58. The molecule has 0 atom stereocenters. The van der Waals surface area contributed by atoms with Gasteiger partial charge in [-0.2, -0.15) is 0 Å². The van der Waals surface area contributed by atoms with Gasteiger partial charge in [-0.05, 0) is 100 Å². The second-order valence-corrected chi connectivity index (χ2v) is 10.8. The van der Waals surface area contributed by atoms with E-state index in [2.05, 4.69) is 106 Å². The molecule has 0 N–H and O–H groups in total. The van der Waals surface area contributed by atoms with E-state index in [9.17, 15) is 0 Å². The number of aryl methyl sites for hydroxylation is 2. The molecule has 0 bridgehead atoms. The van der Waals surface area contributed by atoms with Gasteiger partial charge in [-0.3, -0.25) is 0 Å². The fraction of sp³-hybridized carbons (Fsp3) is 0.118. The highest BCUT2D eigenvalue weighted by Crippen LogP contribution is 2.47. The van der Waals surface area contributed by atoms with Gasteiger partial charge in [0.1, 0.15) is 0 Å². The van der Waals surface area contributed by atoms with Crippen molar-refractivity contribution in [3.63, 3.8) is 0 Å². The predicted molar refractivity (Wildman–Crippen MR) is 158 cm³/mol. The van der Waals surface area contributed by atoms with Crippen LogP contribution in [0.4, 0.5) is 0 Å². The van der Waals surface area contributed by atoms with E-state index in [-0.39, 0.29) is 0 Å². The Hall–Kier alpha value is -3.84. The normalized spacial score (nSPS) is 12.6. The summed E-state index contributed by atoms with van der Waals surface area (Å²) >= 11 is 0. The highest BCUT2D eigenvalue weighted by molar-refractivity contribution is 6.73. The zero-order valence-electron chi connectivity index (χ0n) is 20.6. The average Bonchev–Trinajstić information content (AvgIpc) is 2.87. The third kappa shape index (κ3) is 2.25. The quantitative estimate of drug-likeness (QED) is 0.134. The molecule has 0 nitrogen and oxygen atoms in total. The lowest BCUT2D eigenvalue weighted by molar-refractivity contribution is 1.48. The molecule has 0 saturated carbocycles. The molecule has 1 heteroatoms. The molecule has 0 aliphatic carbocycles. The summed E-state index contributed by atoms with van der Waals surface area (Å²) in [6.45, 7) is 9.59. The van der Waals surface area contributed by atoms with E-state index >= 15 is 0 Å². The first-order valence-electron chi connectivity index (χ1n) is 12.7. The van der Waals surface area contributed by atoms with Crippen molar-refractivity contribution >= 4 is 87.6 Å². The molecular weight excluding hydrogens is 419 g/mol. The Morgan fingerprint density at radius 2 is 0.743 bits per heavy atom. The Labute approximate surface area is 204 Å². The molecule has 8 aromatic rings. The predicted octanol–water partition coefficient (Wildman–Crippen LogP) is 9.21. The maximum absolute atomic E-state index is 2.39. The van der Waals surface area contributed by atoms with Crippen LogP contribution in [-0.4, -0.2) is 6.71 Å². The molecule has 0 heterocycles. The van der Waals surface area contributed by atoms with Gasteiger partial charge in [0.15, 0.2) is 6.71 Å². The van der Waals surface area contributed by atoms with Gasteiger partial charge in [0.05, 0.1) is 0 Å². The molecule has 0 spiro atoms. The van der Waals surface area contributed by atoms with Crippen molar-refractivity contribution in [2.45, 2.75) is 27.5 Å². The number of benzene rings is 8. The standard InChI is InChI=1S/C34H25B/c1-18-8-10-22-26-14-12-24-20-6-5-7-28-29(35(3)4)17-16-21(31(20)28)25-13-15-27(34(26)33(24)25)23-11-9-19(2)30(18)32(22)23/h5-17H,1-4H3. The number of hydrogen-bond donors (Lipinski definition) is 0. The minimum absolute atomic E-state index is 0.500. The molecule has 0 aliphatic heterocycles. The largest absolute Gasteiger partial charge is 0.170 e. The molecule has 0 saturated heterocycles. The molecular formula is C34H25B. The van der Waals surface area contributed by atoms with Crippen LogP contribution in [-0.2, 0) is 0 Å². The van der Waals surface area contributed by atoms with Crippen LogP contribution in [0.3, 0.4) is 0 Å². The first-order chi connectivity index (χ1) is 17.0. The van der Waals surface area contributed by atoms with Crippen LogP contribution in [0, 0.1) is 13.8 Å². The van der Waals surface area contributed by atoms with E-state index in [0.717, 1.165) is 0 Å². The van der Waals surface area contributed by atoms with Crippen LogP contribution in [0.5, 0.6) is 0 Å². The summed E-state index contributed by atoms with van der Waals surface area (Å²) in [5, 5.41) is 19.5. The summed E-state index contributed by atoms with van der Waals surface area (Å²) in [5.74, 6) is 0. The van der Waals surface area contributed by atoms with E-state index in [0.29, 0.717) is 6.71 Å². The third-order valence-corrected chi connectivity index (χ3v) is 8.60. The zero-order chi connectivity index (χ0) is 23.6. The Morgan fingerprint density at radius 1 is 0.371 bits per heavy atom. The lowest BCUT2D eigenvalue weighted by Crippen LogP contribution is -2.23. The second-order valence-electron chi connectivity index (χ2n) is 10.8. The molecule has 0 aromatic heterocycles. The van der Waals surface area contributed by atoms with Crippen molar-refractivity contribution in [1.82, 2.24) is 0 Å². The molecule has 8 aromatic carbocycles.